The summed E-state index contributed by atoms with van der Waals surface area (Å²) in [7, 11) is 0. The van der Waals surface area contributed by atoms with Crippen molar-refractivity contribution in [3.8, 4) is 12.3 Å². The van der Waals surface area contributed by atoms with Crippen LogP contribution >= 0.6 is 0 Å². The zero-order valence-corrected chi connectivity index (χ0v) is 13.8. The molecule has 0 bridgehead atoms. The lowest BCUT2D eigenvalue weighted by Gasteiger charge is -2.27. The third-order valence-corrected chi connectivity index (χ3v) is 4.09. The lowest BCUT2D eigenvalue weighted by Crippen LogP contribution is -2.46. The van der Waals surface area contributed by atoms with Crippen molar-refractivity contribution in [2.75, 3.05) is 6.54 Å². The third-order valence-electron chi connectivity index (χ3n) is 4.09. The fourth-order valence-electron chi connectivity index (χ4n) is 2.42. The average molecular weight is 307 g/mol. The van der Waals surface area contributed by atoms with E-state index in [1.807, 2.05) is 13.8 Å². The van der Waals surface area contributed by atoms with Gasteiger partial charge in [-0.3, -0.25) is 14.5 Å². The van der Waals surface area contributed by atoms with Crippen molar-refractivity contribution < 1.29 is 14.4 Å². The number of carbonyl (C=O) groups excluding carboxylic acids is 3. The number of nitrogens with one attached hydrogen (secondary N) is 2. The predicted octanol–water partition coefficient (Wildman–Crippen LogP) is 1.41. The van der Waals surface area contributed by atoms with E-state index >= 15 is 0 Å². The maximum absolute atomic E-state index is 12.0. The van der Waals surface area contributed by atoms with Crippen LogP contribution in [0.1, 0.15) is 53.4 Å². The minimum absolute atomic E-state index is 0.159. The Kier molecular flexibility index (Phi) is 5.59. The highest BCUT2D eigenvalue weighted by Gasteiger charge is 2.43. The van der Waals surface area contributed by atoms with Crippen LogP contribution in [0, 0.1) is 12.3 Å². The van der Waals surface area contributed by atoms with Crippen molar-refractivity contribution >= 4 is 17.8 Å². The van der Waals surface area contributed by atoms with Gasteiger partial charge < -0.3 is 10.6 Å². The van der Waals surface area contributed by atoms with E-state index in [1.54, 1.807) is 13.8 Å². The Morgan fingerprint density at radius 3 is 2.36 bits per heavy atom. The number of terminal acetylenes is 1. The maximum atomic E-state index is 12.0. The first-order valence-electron chi connectivity index (χ1n) is 7.64. The minimum Gasteiger partial charge on any atom is -0.340 e. The van der Waals surface area contributed by atoms with Gasteiger partial charge in [0.25, 0.3) is 5.91 Å². The zero-order chi connectivity index (χ0) is 17.0. The van der Waals surface area contributed by atoms with Crippen LogP contribution in [0.15, 0.2) is 0 Å². The summed E-state index contributed by atoms with van der Waals surface area (Å²) in [5.74, 6) is 2.22. The molecule has 1 aliphatic rings. The Labute approximate surface area is 132 Å². The maximum Gasteiger partial charge on any atom is 0.325 e. The average Bonchev–Trinajstić information content (AvgIpc) is 2.66. The van der Waals surface area contributed by atoms with Crippen LogP contribution in [0.25, 0.3) is 0 Å². The smallest absolute Gasteiger partial charge is 0.325 e. The van der Waals surface area contributed by atoms with Crippen LogP contribution in [0.2, 0.25) is 0 Å². The molecule has 6 heteroatoms. The molecule has 1 heterocycles. The second kappa shape index (κ2) is 6.82. The number of imide groups is 1. The van der Waals surface area contributed by atoms with Gasteiger partial charge in [-0.25, -0.2) is 4.79 Å². The van der Waals surface area contributed by atoms with E-state index < -0.39 is 17.1 Å². The molecule has 0 saturated carbocycles. The molecule has 122 valence electrons. The van der Waals surface area contributed by atoms with E-state index in [9.17, 15) is 14.4 Å². The molecule has 0 aromatic carbocycles. The third kappa shape index (κ3) is 3.79. The molecule has 0 aliphatic carbocycles. The minimum atomic E-state index is -0.873. The van der Waals surface area contributed by atoms with Crippen molar-refractivity contribution in [3.63, 3.8) is 0 Å². The van der Waals surface area contributed by atoms with Gasteiger partial charge >= 0.3 is 6.03 Å². The molecule has 0 radical (unpaired) electrons. The number of carbonyl (C=O) groups is 3. The highest BCUT2D eigenvalue weighted by atomic mass is 16.2. The monoisotopic (exact) mass is 307 g/mol. The van der Waals surface area contributed by atoms with Crippen molar-refractivity contribution in [2.45, 2.75) is 64.5 Å². The number of hydrogen-bond donors (Lipinski definition) is 2. The van der Waals surface area contributed by atoms with Crippen LogP contribution in [-0.2, 0) is 9.59 Å². The molecule has 0 unspecified atom stereocenters. The van der Waals surface area contributed by atoms with Gasteiger partial charge in [-0.15, -0.1) is 6.42 Å². The number of rotatable bonds is 7. The summed E-state index contributed by atoms with van der Waals surface area (Å²) in [6.07, 6.45) is 7.46. The van der Waals surface area contributed by atoms with Gasteiger partial charge in [-0.05, 0) is 33.1 Å². The highest BCUT2D eigenvalue weighted by molar-refractivity contribution is 6.06. The number of urea groups is 1. The topological polar surface area (TPSA) is 78.5 Å². The lowest BCUT2D eigenvalue weighted by atomic mass is 9.93. The summed E-state index contributed by atoms with van der Waals surface area (Å²) < 4.78 is 0. The number of amides is 4. The summed E-state index contributed by atoms with van der Waals surface area (Å²) in [5.41, 5.74) is -1.48. The van der Waals surface area contributed by atoms with Gasteiger partial charge in [0.1, 0.15) is 11.1 Å². The SMILES string of the molecule is C#CC(CC)(CC)NC(=O)CCCN1C(=O)NC(C)(C)C1=O. The molecule has 0 atom stereocenters. The van der Waals surface area contributed by atoms with Gasteiger partial charge in [0.2, 0.25) is 5.91 Å². The lowest BCUT2D eigenvalue weighted by molar-refractivity contribution is -0.130. The molecule has 4 amide bonds. The van der Waals surface area contributed by atoms with Crippen molar-refractivity contribution in [1.29, 1.82) is 0 Å². The van der Waals surface area contributed by atoms with Gasteiger partial charge in [-0.1, -0.05) is 19.8 Å². The van der Waals surface area contributed by atoms with Gasteiger partial charge in [0.05, 0.1) is 0 Å². The van der Waals surface area contributed by atoms with Crippen LogP contribution in [-0.4, -0.2) is 40.4 Å². The molecule has 0 aromatic rings. The quantitative estimate of drug-likeness (QED) is 0.551. The van der Waals surface area contributed by atoms with E-state index in [-0.39, 0.29) is 24.8 Å². The van der Waals surface area contributed by atoms with Gasteiger partial charge in [0.15, 0.2) is 0 Å². The van der Waals surface area contributed by atoms with Gasteiger partial charge in [0, 0.05) is 13.0 Å². The second-order valence-corrected chi connectivity index (χ2v) is 6.10. The zero-order valence-electron chi connectivity index (χ0n) is 13.8. The summed E-state index contributed by atoms with van der Waals surface area (Å²) in [6, 6.07) is -0.407. The van der Waals surface area contributed by atoms with E-state index in [0.29, 0.717) is 19.3 Å². The Morgan fingerprint density at radius 1 is 1.36 bits per heavy atom. The van der Waals surface area contributed by atoms with Crippen LogP contribution < -0.4 is 10.6 Å². The molecule has 6 nitrogen and oxygen atoms in total. The molecule has 2 N–H and O–H groups in total. The fourth-order valence-corrected chi connectivity index (χ4v) is 2.42. The standard InChI is InChI=1S/C16H25N3O3/c1-6-16(7-2,8-3)17-12(20)10-9-11-19-13(21)15(4,5)18-14(19)22/h1H,7-11H2,2-5H3,(H,17,20)(H,18,22). The Bertz CT molecular complexity index is 501. The van der Waals surface area contributed by atoms with Gasteiger partial charge in [-0.2, -0.15) is 0 Å². The Morgan fingerprint density at radius 2 is 1.95 bits per heavy atom. The van der Waals surface area contributed by atoms with E-state index in [0.717, 1.165) is 4.90 Å². The molecular weight excluding hydrogens is 282 g/mol. The first-order chi connectivity index (χ1) is 10.2. The second-order valence-electron chi connectivity index (χ2n) is 6.10. The summed E-state index contributed by atoms with van der Waals surface area (Å²) in [4.78, 5) is 36.9. The molecule has 1 fully saturated rings. The highest BCUT2D eigenvalue weighted by Crippen LogP contribution is 2.17. The van der Waals surface area contributed by atoms with Crippen LogP contribution in [0.5, 0.6) is 0 Å². The van der Waals surface area contributed by atoms with E-state index in [1.165, 1.54) is 0 Å². The molecule has 1 saturated heterocycles. The molecule has 22 heavy (non-hydrogen) atoms. The normalized spacial score (nSPS) is 17.1. The Balaban J connectivity index is 2.48. The van der Waals surface area contributed by atoms with Crippen molar-refractivity contribution in [2.24, 2.45) is 0 Å². The van der Waals surface area contributed by atoms with E-state index in [2.05, 4.69) is 16.6 Å². The summed E-state index contributed by atoms with van der Waals surface area (Å²) >= 11 is 0. The van der Waals surface area contributed by atoms with Crippen LogP contribution in [0.4, 0.5) is 4.79 Å². The van der Waals surface area contributed by atoms with Crippen molar-refractivity contribution in [1.82, 2.24) is 15.5 Å². The van der Waals surface area contributed by atoms with Crippen LogP contribution in [0.3, 0.4) is 0 Å². The molecular formula is C16H25N3O3. The van der Waals surface area contributed by atoms with E-state index in [4.69, 9.17) is 6.42 Å². The molecule has 1 aliphatic heterocycles. The summed E-state index contributed by atoms with van der Waals surface area (Å²) in [6.45, 7) is 7.40. The predicted molar refractivity (Wildman–Crippen MR) is 83.8 cm³/mol. The molecule has 0 spiro atoms. The molecule has 1 rings (SSSR count). The Hall–Kier alpha value is -2.03. The first kappa shape index (κ1) is 18.0. The number of nitrogens with zero attached hydrogens (tertiary/aromatic N) is 1. The first-order valence-corrected chi connectivity index (χ1v) is 7.64. The molecule has 0 aromatic heterocycles. The number of hydrogen-bond acceptors (Lipinski definition) is 3. The largest absolute Gasteiger partial charge is 0.340 e. The summed E-state index contributed by atoms with van der Waals surface area (Å²) in [5, 5.41) is 5.47. The fraction of sp³-hybridized carbons (Fsp3) is 0.688. The van der Waals surface area contributed by atoms with Crippen molar-refractivity contribution in [3.05, 3.63) is 0 Å².